The van der Waals surface area contributed by atoms with Crippen molar-refractivity contribution < 1.29 is 43.0 Å². The first kappa shape index (κ1) is 37.5. The van der Waals surface area contributed by atoms with Gasteiger partial charge in [0.1, 0.15) is 29.9 Å². The second-order valence-electron chi connectivity index (χ2n) is 12.8. The van der Waals surface area contributed by atoms with Gasteiger partial charge in [-0.1, -0.05) is 11.2 Å². The van der Waals surface area contributed by atoms with Crippen LogP contribution in [0.4, 0.5) is 5.13 Å². The van der Waals surface area contributed by atoms with Crippen LogP contribution in [0, 0.1) is 17.8 Å². The number of esters is 3. The predicted molar refractivity (Wildman–Crippen MR) is 184 cm³/mol. The number of anilines is 1. The van der Waals surface area contributed by atoms with Gasteiger partial charge in [-0.3, -0.25) is 24.1 Å². The molecule has 0 aromatic carbocycles. The Morgan fingerprint density at radius 2 is 1.73 bits per heavy atom. The zero-order valence-corrected chi connectivity index (χ0v) is 30.7. The summed E-state index contributed by atoms with van der Waals surface area (Å²) < 4.78 is 15.6. The molecule has 0 aliphatic carbocycles. The average Bonchev–Trinajstić information content (AvgIpc) is 3.68. The van der Waals surface area contributed by atoms with Gasteiger partial charge in [0.15, 0.2) is 17.6 Å². The molecule has 2 aliphatic heterocycles. The van der Waals surface area contributed by atoms with Crippen molar-refractivity contribution in [3.8, 4) is 0 Å². The molecule has 18 heteroatoms. The summed E-state index contributed by atoms with van der Waals surface area (Å²) in [4.78, 5) is 80.2. The first-order valence-electron chi connectivity index (χ1n) is 14.9. The lowest BCUT2D eigenvalue weighted by molar-refractivity contribution is -0.173. The minimum Gasteiger partial charge on any atom is -0.444 e. The van der Waals surface area contributed by atoms with Crippen molar-refractivity contribution in [2.75, 3.05) is 31.7 Å². The second kappa shape index (κ2) is 15.5. The Labute approximate surface area is 295 Å². The van der Waals surface area contributed by atoms with Gasteiger partial charge < -0.3 is 29.7 Å². The molecule has 2 amide bonds. The molecule has 0 unspecified atom stereocenters. The lowest BCUT2D eigenvalue weighted by Crippen LogP contribution is -2.71. The maximum atomic E-state index is 13.6. The van der Waals surface area contributed by atoms with Gasteiger partial charge in [0.2, 0.25) is 6.79 Å². The van der Waals surface area contributed by atoms with E-state index in [2.05, 4.69) is 25.8 Å². The summed E-state index contributed by atoms with van der Waals surface area (Å²) in [7, 11) is 1.27. The van der Waals surface area contributed by atoms with Crippen molar-refractivity contribution in [2.45, 2.75) is 59.9 Å². The lowest BCUT2D eigenvalue weighted by atomic mass is 9.97. The fourth-order valence-corrected chi connectivity index (χ4v) is 6.87. The van der Waals surface area contributed by atoms with Gasteiger partial charge in [-0.05, 0) is 60.1 Å². The molecular weight excluding hydrogens is 697 g/mol. The standard InChI is InChI=1S/C31H38N6O9S3/c1-16-19(49-14-33-16)10-9-17-11-47-25-21(24(39)37(25)22(17)26(40)45-15-46-28(42)31(5,6)7)35-23(38)20(36-43-8)18-12-48-29(34-18)32-13-44-27(41)30(2,3)4/h9-10,12,14,21,25H,11,13,15H2,1-8H3,(H,32,34)(H,35,38)/b10-9-,36-20+/t21-,25-/m1/s1. The molecule has 49 heavy (non-hydrogen) atoms. The number of allylic oxidation sites excluding steroid dienone is 1. The summed E-state index contributed by atoms with van der Waals surface area (Å²) in [6, 6.07) is -1.01. The van der Waals surface area contributed by atoms with Crippen LogP contribution in [0.5, 0.6) is 0 Å². The van der Waals surface area contributed by atoms with E-state index in [9.17, 15) is 24.0 Å². The molecule has 4 rings (SSSR count). The lowest BCUT2D eigenvalue weighted by Gasteiger charge is -2.49. The molecule has 2 N–H and O–H groups in total. The highest BCUT2D eigenvalue weighted by atomic mass is 32.2. The molecule has 264 valence electrons. The number of carbonyl (C=O) groups excluding carboxylic acids is 5. The Bertz CT molecular complexity index is 1700. The molecular formula is C31H38N6O9S3. The summed E-state index contributed by atoms with van der Waals surface area (Å²) in [6.07, 6.45) is 3.53. The molecule has 2 aromatic rings. The van der Waals surface area contributed by atoms with Crippen LogP contribution in [0.2, 0.25) is 0 Å². The van der Waals surface area contributed by atoms with Gasteiger partial charge >= 0.3 is 17.9 Å². The van der Waals surface area contributed by atoms with Crippen LogP contribution in [-0.2, 0) is 43.0 Å². The van der Waals surface area contributed by atoms with Crippen LogP contribution in [0.3, 0.4) is 0 Å². The number of aryl methyl sites for hydroxylation is 1. The highest BCUT2D eigenvalue weighted by molar-refractivity contribution is 8.00. The molecule has 2 aromatic heterocycles. The number of carbonyl (C=O) groups is 5. The van der Waals surface area contributed by atoms with E-state index >= 15 is 0 Å². The summed E-state index contributed by atoms with van der Waals surface area (Å²) >= 11 is 3.92. The monoisotopic (exact) mass is 734 g/mol. The zero-order chi connectivity index (χ0) is 36.1. The van der Waals surface area contributed by atoms with Gasteiger partial charge in [0.25, 0.3) is 11.8 Å². The topological polar surface area (TPSA) is 188 Å². The summed E-state index contributed by atoms with van der Waals surface area (Å²) in [5, 5.41) is 10.7. The molecule has 0 radical (unpaired) electrons. The van der Waals surface area contributed by atoms with Gasteiger partial charge in [0.05, 0.1) is 22.0 Å². The highest BCUT2D eigenvalue weighted by Crippen LogP contribution is 2.41. The Hall–Kier alpha value is -4.29. The average molecular weight is 735 g/mol. The van der Waals surface area contributed by atoms with Crippen LogP contribution in [0.1, 0.15) is 57.8 Å². The van der Waals surface area contributed by atoms with Gasteiger partial charge in [0, 0.05) is 16.0 Å². The van der Waals surface area contributed by atoms with E-state index in [1.54, 1.807) is 64.6 Å². The number of nitrogens with zero attached hydrogens (tertiary/aromatic N) is 4. The fraction of sp³-hybridized carbons (Fsp3) is 0.484. The molecule has 1 saturated heterocycles. The molecule has 0 saturated carbocycles. The third kappa shape index (κ3) is 9.04. The van der Waals surface area contributed by atoms with Crippen LogP contribution < -0.4 is 10.6 Å². The zero-order valence-electron chi connectivity index (χ0n) is 28.3. The van der Waals surface area contributed by atoms with Crippen molar-refractivity contribution in [2.24, 2.45) is 16.0 Å². The fourth-order valence-electron chi connectivity index (χ4n) is 4.18. The van der Waals surface area contributed by atoms with Crippen LogP contribution in [-0.4, -0.2) is 88.1 Å². The molecule has 2 aliphatic rings. The van der Waals surface area contributed by atoms with Crippen molar-refractivity contribution in [1.82, 2.24) is 20.2 Å². The van der Waals surface area contributed by atoms with E-state index in [0.29, 0.717) is 16.5 Å². The van der Waals surface area contributed by atoms with E-state index < -0.39 is 58.8 Å². The van der Waals surface area contributed by atoms with E-state index in [0.717, 1.165) is 21.9 Å². The Kier molecular flexibility index (Phi) is 11.9. The SMILES string of the molecule is CO/N=C(/C(=O)N[C@@H]1C(=O)N2C(C(=O)OCOC(=O)C(C)(C)C)=C(/C=C\c3scnc3C)CS[C@H]12)c1csc(NCOC(=O)C(C)(C)C)n1. The second-order valence-corrected chi connectivity index (χ2v) is 15.6. The molecule has 15 nitrogen and oxygen atoms in total. The predicted octanol–water partition coefficient (Wildman–Crippen LogP) is 3.67. The molecule has 2 atom stereocenters. The van der Waals surface area contributed by atoms with Gasteiger partial charge in [-0.15, -0.1) is 34.4 Å². The van der Waals surface area contributed by atoms with Crippen molar-refractivity contribution >= 4 is 81.1 Å². The van der Waals surface area contributed by atoms with Gasteiger partial charge in [-0.25, -0.2) is 14.8 Å². The van der Waals surface area contributed by atoms with Crippen LogP contribution in [0.15, 0.2) is 33.4 Å². The minimum atomic E-state index is -1.01. The van der Waals surface area contributed by atoms with Gasteiger partial charge in [-0.2, -0.15) is 0 Å². The number of fused-ring (bicyclic) bond motifs is 1. The first-order chi connectivity index (χ1) is 23.0. The number of thioether (sulfide) groups is 1. The van der Waals surface area contributed by atoms with Crippen LogP contribution >= 0.6 is 34.4 Å². The summed E-state index contributed by atoms with van der Waals surface area (Å²) in [5.41, 5.74) is 1.50. The molecule has 4 heterocycles. The quantitative estimate of drug-likeness (QED) is 0.106. The first-order valence-corrected chi connectivity index (χ1v) is 17.7. The number of nitrogens with one attached hydrogen (secondary N) is 2. The maximum Gasteiger partial charge on any atom is 0.358 e. The van der Waals surface area contributed by atoms with E-state index in [1.165, 1.54) is 35.1 Å². The van der Waals surface area contributed by atoms with Crippen molar-refractivity contribution in [3.63, 3.8) is 0 Å². The number of oxime groups is 1. The number of hydrogen-bond donors (Lipinski definition) is 2. The third-order valence-corrected chi connectivity index (χ3v) is 9.87. The Morgan fingerprint density at radius 3 is 2.37 bits per heavy atom. The maximum absolute atomic E-state index is 13.6. The number of thiazole rings is 2. The molecule has 0 bridgehead atoms. The number of amides is 2. The third-order valence-electron chi connectivity index (χ3n) is 6.87. The smallest absolute Gasteiger partial charge is 0.358 e. The van der Waals surface area contributed by atoms with E-state index in [1.807, 2.05) is 6.92 Å². The van der Waals surface area contributed by atoms with Crippen LogP contribution in [0.25, 0.3) is 6.08 Å². The Balaban J connectivity index is 1.48. The Morgan fingerprint density at radius 1 is 1.04 bits per heavy atom. The number of aromatic nitrogens is 2. The van der Waals surface area contributed by atoms with Crippen molar-refractivity contribution in [3.05, 3.63) is 44.5 Å². The summed E-state index contributed by atoms with van der Waals surface area (Å²) in [6.45, 7) is 11.3. The number of β-lactam (4-membered cyclic amide) rings is 1. The minimum absolute atomic E-state index is 0.0161. The molecule has 0 spiro atoms. The summed E-state index contributed by atoms with van der Waals surface area (Å²) in [5.74, 6) is -2.79. The highest BCUT2D eigenvalue weighted by Gasteiger charge is 2.54. The normalized spacial score (nSPS) is 18.1. The number of rotatable bonds is 12. The molecule has 1 fully saturated rings. The van der Waals surface area contributed by atoms with E-state index in [4.69, 9.17) is 19.0 Å². The van der Waals surface area contributed by atoms with Crippen molar-refractivity contribution in [1.29, 1.82) is 0 Å². The van der Waals surface area contributed by atoms with E-state index in [-0.39, 0.29) is 23.8 Å². The number of ether oxygens (including phenoxy) is 3. The number of hydrogen-bond acceptors (Lipinski definition) is 16. The largest absolute Gasteiger partial charge is 0.444 e.